The molecule has 0 spiro atoms. The molecule has 0 aromatic heterocycles. The van der Waals surface area contributed by atoms with Crippen molar-refractivity contribution in [3.63, 3.8) is 0 Å². The maximum atomic E-state index is 12.7. The van der Waals surface area contributed by atoms with Crippen LogP contribution in [-0.2, 0) is 10.2 Å². The van der Waals surface area contributed by atoms with E-state index in [0.717, 1.165) is 18.4 Å². The molecule has 3 atom stereocenters. The predicted octanol–water partition coefficient (Wildman–Crippen LogP) is 3.62. The van der Waals surface area contributed by atoms with Crippen molar-refractivity contribution in [2.45, 2.75) is 51.9 Å². The Morgan fingerprint density at radius 1 is 1.22 bits per heavy atom. The second-order valence-corrected chi connectivity index (χ2v) is 7.49. The fourth-order valence-corrected chi connectivity index (χ4v) is 4.69. The molecule has 1 aromatic carbocycles. The van der Waals surface area contributed by atoms with Gasteiger partial charge in [-0.3, -0.25) is 14.4 Å². The van der Waals surface area contributed by atoms with Crippen LogP contribution in [0.5, 0.6) is 0 Å². The minimum Gasteiger partial charge on any atom is -0.481 e. The van der Waals surface area contributed by atoms with Gasteiger partial charge < -0.3 is 5.11 Å². The van der Waals surface area contributed by atoms with Crippen molar-refractivity contribution in [2.24, 2.45) is 11.3 Å². The number of fused-ring (bicyclic) bond motifs is 3. The van der Waals surface area contributed by atoms with Gasteiger partial charge in [-0.15, -0.1) is 0 Å². The van der Waals surface area contributed by atoms with E-state index in [2.05, 4.69) is 6.92 Å². The average Bonchev–Trinajstić information content (AvgIpc) is 2.49. The smallest absolute Gasteiger partial charge is 0.309 e. The molecule has 122 valence electrons. The van der Waals surface area contributed by atoms with Gasteiger partial charge in [0.2, 0.25) is 0 Å². The Kier molecular flexibility index (Phi) is 3.47. The number of aliphatic carboxylic acids is 1. The number of hydrogen-bond donors (Lipinski definition) is 1. The van der Waals surface area contributed by atoms with Gasteiger partial charge in [-0.2, -0.15) is 0 Å². The first-order valence-electron chi connectivity index (χ1n) is 8.12. The number of carbonyl (C=O) groups excluding carboxylic acids is 2. The third-order valence-electron chi connectivity index (χ3n) is 6.15. The van der Waals surface area contributed by atoms with E-state index in [4.69, 9.17) is 0 Å². The second kappa shape index (κ2) is 5.02. The molecule has 23 heavy (non-hydrogen) atoms. The molecule has 0 amide bonds. The molecular weight excluding hydrogens is 292 g/mol. The molecule has 2 aliphatic carbocycles. The maximum Gasteiger partial charge on any atom is 0.309 e. The summed E-state index contributed by atoms with van der Waals surface area (Å²) in [6.07, 6.45) is 2.56. The molecule has 1 N–H and O–H groups in total. The fraction of sp³-hybridized carbons (Fsp3) is 0.526. The molecule has 2 aliphatic rings. The molecule has 1 saturated carbocycles. The minimum atomic E-state index is -0.875. The van der Waals surface area contributed by atoms with Crippen LogP contribution in [0.15, 0.2) is 18.2 Å². The molecule has 4 nitrogen and oxygen atoms in total. The molecular formula is C19H22O4. The quantitative estimate of drug-likeness (QED) is 0.846. The highest BCUT2D eigenvalue weighted by Crippen LogP contribution is 2.57. The van der Waals surface area contributed by atoms with Crippen LogP contribution in [0.25, 0.3) is 0 Å². The molecule has 0 aliphatic heterocycles. The normalized spacial score (nSPS) is 32.8. The van der Waals surface area contributed by atoms with Crippen molar-refractivity contribution in [3.05, 3.63) is 34.9 Å². The van der Waals surface area contributed by atoms with Gasteiger partial charge in [0.1, 0.15) is 0 Å². The summed E-state index contributed by atoms with van der Waals surface area (Å²) in [5.74, 6) is -1.12. The van der Waals surface area contributed by atoms with Crippen molar-refractivity contribution in [1.82, 2.24) is 0 Å². The summed E-state index contributed by atoms with van der Waals surface area (Å²) in [5, 5.41) is 9.75. The summed E-state index contributed by atoms with van der Waals surface area (Å²) in [6, 6.07) is 5.31. The van der Waals surface area contributed by atoms with Gasteiger partial charge in [0.15, 0.2) is 11.6 Å². The Bertz CT molecular complexity index is 720. The highest BCUT2D eigenvalue weighted by Gasteiger charge is 2.56. The lowest BCUT2D eigenvalue weighted by Gasteiger charge is -2.53. The van der Waals surface area contributed by atoms with E-state index in [1.165, 1.54) is 6.92 Å². The summed E-state index contributed by atoms with van der Waals surface area (Å²) in [7, 11) is 0. The van der Waals surface area contributed by atoms with Gasteiger partial charge in [0.05, 0.1) is 5.41 Å². The van der Waals surface area contributed by atoms with Crippen molar-refractivity contribution in [3.8, 4) is 0 Å². The van der Waals surface area contributed by atoms with E-state index in [1.807, 2.05) is 6.07 Å². The van der Waals surface area contributed by atoms with E-state index in [9.17, 15) is 19.5 Å². The maximum absolute atomic E-state index is 12.7. The second-order valence-electron chi connectivity index (χ2n) is 7.49. The van der Waals surface area contributed by atoms with Crippen molar-refractivity contribution in [2.75, 3.05) is 0 Å². The fourth-order valence-electron chi connectivity index (χ4n) is 4.69. The van der Waals surface area contributed by atoms with Gasteiger partial charge in [-0.05, 0) is 49.7 Å². The van der Waals surface area contributed by atoms with Gasteiger partial charge in [-0.25, -0.2) is 0 Å². The highest BCUT2D eigenvalue weighted by molar-refractivity contribution is 6.03. The summed E-state index contributed by atoms with van der Waals surface area (Å²) >= 11 is 0. The topological polar surface area (TPSA) is 71.4 Å². The Labute approximate surface area is 135 Å². The van der Waals surface area contributed by atoms with E-state index in [-0.39, 0.29) is 29.3 Å². The molecule has 1 fully saturated rings. The molecule has 4 heteroatoms. The summed E-state index contributed by atoms with van der Waals surface area (Å²) < 4.78 is 0. The van der Waals surface area contributed by atoms with Crippen LogP contribution >= 0.6 is 0 Å². The zero-order valence-corrected chi connectivity index (χ0v) is 13.8. The number of hydrogen-bond acceptors (Lipinski definition) is 3. The predicted molar refractivity (Wildman–Crippen MR) is 85.8 cm³/mol. The number of rotatable bonds is 2. The lowest BCUT2D eigenvalue weighted by molar-refractivity contribution is -0.156. The number of ketones is 2. The third-order valence-corrected chi connectivity index (χ3v) is 6.15. The molecule has 1 aromatic rings. The zero-order chi connectivity index (χ0) is 17.0. The van der Waals surface area contributed by atoms with E-state index >= 15 is 0 Å². The standard InChI is InChI=1S/C19H22O4/c1-11(20)12-5-6-14-13(9-12)15(21)10-16-18(14,2)7-4-8-19(16,3)17(22)23/h5-6,9,16H,4,7-8,10H2,1-3H3,(H,22,23)/t16-,18-,19-/m1/s1. The zero-order valence-electron chi connectivity index (χ0n) is 13.8. The van der Waals surface area contributed by atoms with Crippen molar-refractivity contribution >= 4 is 17.5 Å². The summed E-state index contributed by atoms with van der Waals surface area (Å²) in [5.41, 5.74) is 0.849. The SMILES string of the molecule is CC(=O)c1ccc2c(c1)C(=O)C[C@H]1[C@](C)(C(=O)O)CCC[C@]21C. The van der Waals surface area contributed by atoms with Gasteiger partial charge in [0.25, 0.3) is 0 Å². The summed E-state index contributed by atoms with van der Waals surface area (Å²) in [6.45, 7) is 5.35. The van der Waals surface area contributed by atoms with Gasteiger partial charge >= 0.3 is 5.97 Å². The average molecular weight is 314 g/mol. The molecule has 3 rings (SSSR count). The van der Waals surface area contributed by atoms with Crippen LogP contribution in [0.4, 0.5) is 0 Å². The minimum absolute atomic E-state index is 0.0417. The largest absolute Gasteiger partial charge is 0.481 e. The molecule has 0 bridgehead atoms. The number of carboxylic acids is 1. The van der Waals surface area contributed by atoms with Crippen LogP contribution in [0.2, 0.25) is 0 Å². The van der Waals surface area contributed by atoms with Crippen LogP contribution in [0, 0.1) is 11.3 Å². The number of carboxylic acid groups (broad SMARTS) is 1. The monoisotopic (exact) mass is 314 g/mol. The lowest BCUT2D eigenvalue weighted by atomic mass is 9.49. The van der Waals surface area contributed by atoms with Crippen LogP contribution < -0.4 is 0 Å². The van der Waals surface area contributed by atoms with E-state index in [1.54, 1.807) is 19.1 Å². The Hall–Kier alpha value is -1.97. The Morgan fingerprint density at radius 3 is 2.52 bits per heavy atom. The third kappa shape index (κ3) is 2.15. The Morgan fingerprint density at radius 2 is 1.91 bits per heavy atom. The van der Waals surface area contributed by atoms with Crippen molar-refractivity contribution < 1.29 is 19.5 Å². The van der Waals surface area contributed by atoms with E-state index < -0.39 is 11.4 Å². The first-order chi connectivity index (χ1) is 10.7. The number of benzene rings is 1. The lowest BCUT2D eigenvalue weighted by Crippen LogP contribution is -2.53. The molecule has 0 radical (unpaired) electrons. The molecule has 0 heterocycles. The van der Waals surface area contributed by atoms with Crippen LogP contribution in [0.3, 0.4) is 0 Å². The first-order valence-corrected chi connectivity index (χ1v) is 8.12. The number of carbonyl (C=O) groups is 3. The highest BCUT2D eigenvalue weighted by atomic mass is 16.4. The Balaban J connectivity index is 2.18. The summed E-state index contributed by atoms with van der Waals surface area (Å²) in [4.78, 5) is 36.1. The van der Waals surface area contributed by atoms with Gasteiger partial charge in [-0.1, -0.05) is 25.5 Å². The molecule has 0 unspecified atom stereocenters. The van der Waals surface area contributed by atoms with E-state index in [0.29, 0.717) is 17.5 Å². The number of Topliss-reactive ketones (excluding diaryl/α,β-unsaturated/α-hetero) is 2. The molecule has 0 saturated heterocycles. The van der Waals surface area contributed by atoms with Gasteiger partial charge in [0, 0.05) is 17.5 Å². The first kappa shape index (κ1) is 15.9. The van der Waals surface area contributed by atoms with Crippen molar-refractivity contribution in [1.29, 1.82) is 0 Å². The van der Waals surface area contributed by atoms with Crippen LogP contribution in [0.1, 0.15) is 72.7 Å². The van der Waals surface area contributed by atoms with Crippen LogP contribution in [-0.4, -0.2) is 22.6 Å².